The van der Waals surface area contributed by atoms with Gasteiger partial charge in [-0.1, -0.05) is 31.2 Å². The summed E-state index contributed by atoms with van der Waals surface area (Å²) < 4.78 is 0. The normalized spacial score (nSPS) is 23.9. The van der Waals surface area contributed by atoms with Gasteiger partial charge in [-0.3, -0.25) is 4.79 Å². The Labute approximate surface area is 138 Å². The van der Waals surface area contributed by atoms with Crippen LogP contribution in [0.2, 0.25) is 0 Å². The summed E-state index contributed by atoms with van der Waals surface area (Å²) in [5.41, 5.74) is 2.09. The number of aliphatic hydroxyl groups excluding tert-OH is 1. The summed E-state index contributed by atoms with van der Waals surface area (Å²) in [6.07, 6.45) is 4.03. The van der Waals surface area contributed by atoms with Gasteiger partial charge < -0.3 is 15.3 Å². The Kier molecular flexibility index (Phi) is 5.02. The number of aliphatic hydroxyl groups is 1. The van der Waals surface area contributed by atoms with E-state index in [1.807, 2.05) is 12.1 Å². The van der Waals surface area contributed by atoms with Crippen molar-refractivity contribution in [2.24, 2.45) is 11.3 Å². The summed E-state index contributed by atoms with van der Waals surface area (Å²) >= 11 is 0. The molecule has 2 saturated heterocycles. The van der Waals surface area contributed by atoms with Crippen molar-refractivity contribution in [1.82, 2.24) is 10.2 Å². The highest BCUT2D eigenvalue weighted by Gasteiger charge is 2.39. The third-order valence-electron chi connectivity index (χ3n) is 5.53. The minimum absolute atomic E-state index is 0.0967. The van der Waals surface area contributed by atoms with E-state index in [1.54, 1.807) is 0 Å². The van der Waals surface area contributed by atoms with Gasteiger partial charge in [0.1, 0.15) is 0 Å². The predicted octanol–water partition coefficient (Wildman–Crippen LogP) is 1.96. The molecule has 3 rings (SSSR count). The molecular formula is C19H28N2O2. The van der Waals surface area contributed by atoms with E-state index in [0.717, 1.165) is 57.4 Å². The number of nitrogens with zero attached hydrogens (tertiary/aromatic N) is 1. The summed E-state index contributed by atoms with van der Waals surface area (Å²) in [5.74, 6) is 0.918. The van der Waals surface area contributed by atoms with Gasteiger partial charge in [0.05, 0.1) is 6.61 Å². The first-order chi connectivity index (χ1) is 11.1. The van der Waals surface area contributed by atoms with Crippen LogP contribution in [0.3, 0.4) is 0 Å². The topological polar surface area (TPSA) is 52.6 Å². The molecule has 1 amide bonds. The Morgan fingerprint density at radius 2 is 1.91 bits per heavy atom. The smallest absolute Gasteiger partial charge is 0.228 e. The van der Waals surface area contributed by atoms with Crippen molar-refractivity contribution in [3.8, 4) is 0 Å². The lowest BCUT2D eigenvalue weighted by Gasteiger charge is -2.36. The summed E-state index contributed by atoms with van der Waals surface area (Å²) in [6.45, 7) is 5.94. The Balaban J connectivity index is 1.56. The molecule has 2 aliphatic heterocycles. The van der Waals surface area contributed by atoms with Crippen molar-refractivity contribution in [2.45, 2.75) is 39.2 Å². The summed E-state index contributed by atoms with van der Waals surface area (Å²) in [4.78, 5) is 15.0. The number of nitrogens with one attached hydrogen (secondary N) is 1. The molecule has 1 atom stereocenters. The van der Waals surface area contributed by atoms with E-state index in [0.29, 0.717) is 11.8 Å². The molecule has 2 heterocycles. The van der Waals surface area contributed by atoms with Gasteiger partial charge in [-0.2, -0.15) is 0 Å². The molecule has 0 radical (unpaired) electrons. The maximum absolute atomic E-state index is 12.9. The molecule has 0 aliphatic carbocycles. The van der Waals surface area contributed by atoms with Gasteiger partial charge in [-0.15, -0.1) is 0 Å². The van der Waals surface area contributed by atoms with Crippen LogP contribution in [-0.2, 0) is 17.8 Å². The second kappa shape index (κ2) is 7.02. The van der Waals surface area contributed by atoms with E-state index in [1.165, 1.54) is 5.56 Å². The van der Waals surface area contributed by atoms with Gasteiger partial charge >= 0.3 is 0 Å². The Morgan fingerprint density at radius 3 is 2.57 bits per heavy atom. The third-order valence-corrected chi connectivity index (χ3v) is 5.53. The maximum Gasteiger partial charge on any atom is 0.228 e. The zero-order valence-corrected chi connectivity index (χ0v) is 14.1. The van der Waals surface area contributed by atoms with E-state index in [2.05, 4.69) is 29.3 Å². The number of hydrogen-bond acceptors (Lipinski definition) is 3. The molecule has 126 valence electrons. The van der Waals surface area contributed by atoms with Crippen LogP contribution >= 0.6 is 0 Å². The van der Waals surface area contributed by atoms with Crippen molar-refractivity contribution < 1.29 is 9.90 Å². The van der Waals surface area contributed by atoms with Gasteiger partial charge in [0.2, 0.25) is 5.91 Å². The zero-order valence-electron chi connectivity index (χ0n) is 14.1. The van der Waals surface area contributed by atoms with Crippen LogP contribution in [0.1, 0.15) is 37.3 Å². The van der Waals surface area contributed by atoms with E-state index >= 15 is 0 Å². The zero-order chi connectivity index (χ0) is 16.3. The lowest BCUT2D eigenvalue weighted by atomic mass is 9.79. The fraction of sp³-hybridized carbons (Fsp3) is 0.632. The average molecular weight is 316 g/mol. The number of hydrogen-bond donors (Lipinski definition) is 2. The Morgan fingerprint density at radius 1 is 1.26 bits per heavy atom. The number of benzene rings is 1. The van der Waals surface area contributed by atoms with Gasteiger partial charge in [-0.05, 0) is 55.8 Å². The van der Waals surface area contributed by atoms with E-state index < -0.39 is 0 Å². The standard InChI is InChI=1S/C19H28N2O2/c1-19(7-9-20-10-8-19)18(23)21-11-6-17(13-21)12-15-2-4-16(14-22)5-3-15/h2-5,17,20,22H,6-14H2,1H3/t17-/m0/s1. The molecular weight excluding hydrogens is 288 g/mol. The highest BCUT2D eigenvalue weighted by atomic mass is 16.3. The lowest BCUT2D eigenvalue weighted by molar-refractivity contribution is -0.141. The molecule has 2 N–H and O–H groups in total. The number of carbonyl (C=O) groups excluding carboxylic acids is 1. The number of carbonyl (C=O) groups is 1. The van der Waals surface area contributed by atoms with Crippen molar-refractivity contribution in [2.75, 3.05) is 26.2 Å². The second-order valence-corrected chi connectivity index (χ2v) is 7.40. The fourth-order valence-electron chi connectivity index (χ4n) is 3.87. The third kappa shape index (κ3) is 3.75. The molecule has 0 unspecified atom stereocenters. The molecule has 2 fully saturated rings. The highest BCUT2D eigenvalue weighted by Crippen LogP contribution is 2.33. The van der Waals surface area contributed by atoms with Crippen LogP contribution in [0, 0.1) is 11.3 Å². The molecule has 4 heteroatoms. The molecule has 4 nitrogen and oxygen atoms in total. The molecule has 1 aromatic carbocycles. The van der Waals surface area contributed by atoms with E-state index in [-0.39, 0.29) is 12.0 Å². The lowest BCUT2D eigenvalue weighted by Crippen LogP contribution is -2.47. The first-order valence-electron chi connectivity index (χ1n) is 8.79. The summed E-state index contributed by atoms with van der Waals surface area (Å²) in [5, 5.41) is 12.5. The number of rotatable bonds is 4. The fourth-order valence-corrected chi connectivity index (χ4v) is 3.87. The number of amides is 1. The number of likely N-dealkylation sites (tertiary alicyclic amines) is 1. The minimum atomic E-state index is -0.164. The van der Waals surface area contributed by atoms with Crippen LogP contribution in [0.4, 0.5) is 0 Å². The van der Waals surface area contributed by atoms with Crippen LogP contribution < -0.4 is 5.32 Å². The van der Waals surface area contributed by atoms with Crippen LogP contribution in [0.5, 0.6) is 0 Å². The molecule has 0 spiro atoms. The van der Waals surface area contributed by atoms with Crippen molar-refractivity contribution in [3.63, 3.8) is 0 Å². The van der Waals surface area contributed by atoms with Crippen molar-refractivity contribution in [3.05, 3.63) is 35.4 Å². The molecule has 23 heavy (non-hydrogen) atoms. The van der Waals surface area contributed by atoms with Crippen molar-refractivity contribution >= 4 is 5.91 Å². The van der Waals surface area contributed by atoms with E-state index in [4.69, 9.17) is 5.11 Å². The van der Waals surface area contributed by atoms with Crippen LogP contribution in [0.25, 0.3) is 0 Å². The Hall–Kier alpha value is -1.39. The Bertz CT molecular complexity index is 535. The molecule has 0 aromatic heterocycles. The minimum Gasteiger partial charge on any atom is -0.392 e. The monoisotopic (exact) mass is 316 g/mol. The molecule has 0 bridgehead atoms. The number of piperidine rings is 1. The first kappa shape index (κ1) is 16.5. The van der Waals surface area contributed by atoms with Crippen LogP contribution in [0.15, 0.2) is 24.3 Å². The second-order valence-electron chi connectivity index (χ2n) is 7.40. The SMILES string of the molecule is CC1(C(=O)N2CC[C@@H](Cc3ccc(CO)cc3)C2)CCNCC1. The molecule has 0 saturated carbocycles. The predicted molar refractivity (Wildman–Crippen MR) is 91.0 cm³/mol. The van der Waals surface area contributed by atoms with Gasteiger partial charge in [0.25, 0.3) is 0 Å². The summed E-state index contributed by atoms with van der Waals surface area (Å²) in [7, 11) is 0. The highest BCUT2D eigenvalue weighted by molar-refractivity contribution is 5.82. The van der Waals surface area contributed by atoms with E-state index in [9.17, 15) is 4.79 Å². The summed E-state index contributed by atoms with van der Waals surface area (Å²) in [6, 6.07) is 8.18. The largest absolute Gasteiger partial charge is 0.392 e. The van der Waals surface area contributed by atoms with Crippen LogP contribution in [-0.4, -0.2) is 42.1 Å². The van der Waals surface area contributed by atoms with Crippen molar-refractivity contribution in [1.29, 1.82) is 0 Å². The maximum atomic E-state index is 12.9. The molecule has 2 aliphatic rings. The molecule has 1 aromatic rings. The van der Waals surface area contributed by atoms with Gasteiger partial charge in [0.15, 0.2) is 0 Å². The van der Waals surface area contributed by atoms with Gasteiger partial charge in [0, 0.05) is 18.5 Å². The van der Waals surface area contributed by atoms with Gasteiger partial charge in [-0.25, -0.2) is 0 Å². The quantitative estimate of drug-likeness (QED) is 0.893. The first-order valence-corrected chi connectivity index (χ1v) is 8.79. The average Bonchev–Trinajstić information content (AvgIpc) is 3.04.